The van der Waals surface area contributed by atoms with Crippen molar-refractivity contribution in [2.75, 3.05) is 24.5 Å². The van der Waals surface area contributed by atoms with Crippen molar-refractivity contribution >= 4 is 34.3 Å². The van der Waals surface area contributed by atoms with Crippen molar-refractivity contribution in [3.8, 4) is 11.1 Å². The van der Waals surface area contributed by atoms with E-state index in [4.69, 9.17) is 5.73 Å². The van der Waals surface area contributed by atoms with Crippen LogP contribution in [0, 0.1) is 0 Å². The second-order valence-corrected chi connectivity index (χ2v) is 10.8. The van der Waals surface area contributed by atoms with Crippen molar-refractivity contribution in [2.24, 2.45) is 12.8 Å². The van der Waals surface area contributed by atoms with Gasteiger partial charge in [-0.05, 0) is 36.6 Å². The number of fused-ring (bicyclic) bond motifs is 1. The lowest BCUT2D eigenvalue weighted by molar-refractivity contribution is -0.139. The van der Waals surface area contributed by atoms with Gasteiger partial charge in [-0.2, -0.15) is 20.4 Å². The van der Waals surface area contributed by atoms with E-state index in [2.05, 4.69) is 30.6 Å². The number of nitrogens with two attached hydrogens (primary N) is 1. The molecule has 3 aromatic heterocycles. The van der Waals surface area contributed by atoms with Crippen LogP contribution >= 0.6 is 0 Å². The first kappa shape index (κ1) is 27.3. The van der Waals surface area contributed by atoms with Gasteiger partial charge in [0.05, 0.1) is 36.3 Å². The molecule has 14 heteroatoms. The fraction of sp³-hybridized carbons (Fsp3) is 0.393. The third-order valence-corrected chi connectivity index (χ3v) is 7.88. The lowest BCUT2D eigenvalue weighted by Gasteiger charge is -2.35. The molecule has 2 aliphatic heterocycles. The number of halogens is 1. The van der Waals surface area contributed by atoms with E-state index >= 15 is 0 Å². The first-order chi connectivity index (χ1) is 20.3. The maximum atomic E-state index is 14.6. The highest BCUT2D eigenvalue weighted by Crippen LogP contribution is 2.28. The van der Waals surface area contributed by atoms with E-state index in [0.717, 1.165) is 36.2 Å². The fourth-order valence-electron chi connectivity index (χ4n) is 5.85. The Labute approximate surface area is 240 Å². The van der Waals surface area contributed by atoms with E-state index < -0.39 is 24.0 Å². The third kappa shape index (κ3) is 5.39. The quantitative estimate of drug-likeness (QED) is 0.332. The van der Waals surface area contributed by atoms with Gasteiger partial charge in [0.2, 0.25) is 11.8 Å². The van der Waals surface area contributed by atoms with Crippen LogP contribution in [0.1, 0.15) is 29.8 Å². The second-order valence-electron chi connectivity index (χ2n) is 10.8. The first-order valence-corrected chi connectivity index (χ1v) is 13.8. The van der Waals surface area contributed by atoms with Crippen molar-refractivity contribution in [3.63, 3.8) is 0 Å². The van der Waals surface area contributed by atoms with Gasteiger partial charge in [0.15, 0.2) is 5.69 Å². The Morgan fingerprint density at radius 2 is 1.98 bits per heavy atom. The Balaban J connectivity index is 1.18. The minimum atomic E-state index is -1.32. The average molecular weight is 575 g/mol. The maximum absolute atomic E-state index is 14.6. The van der Waals surface area contributed by atoms with Gasteiger partial charge in [-0.3, -0.25) is 23.7 Å². The van der Waals surface area contributed by atoms with Gasteiger partial charge in [0, 0.05) is 49.7 Å². The number of hydrogen-bond donors (Lipinski definition) is 2. The highest BCUT2D eigenvalue weighted by molar-refractivity contribution is 6.05. The number of alkyl halides is 1. The normalized spacial score (nSPS) is 20.7. The summed E-state index contributed by atoms with van der Waals surface area (Å²) >= 11 is 0. The summed E-state index contributed by atoms with van der Waals surface area (Å²) in [4.78, 5) is 42.5. The molecule has 2 aliphatic rings. The number of aromatic nitrogens is 6. The molecule has 218 valence electrons. The van der Waals surface area contributed by atoms with Gasteiger partial charge >= 0.3 is 0 Å². The van der Waals surface area contributed by atoms with Crippen LogP contribution in [-0.4, -0.2) is 90.3 Å². The van der Waals surface area contributed by atoms with Crippen molar-refractivity contribution < 1.29 is 18.8 Å². The molecule has 0 saturated carbocycles. The summed E-state index contributed by atoms with van der Waals surface area (Å²) in [6.45, 7) is 0.980. The van der Waals surface area contributed by atoms with E-state index in [1.165, 1.54) is 9.58 Å². The Morgan fingerprint density at radius 1 is 1.12 bits per heavy atom. The van der Waals surface area contributed by atoms with Gasteiger partial charge < -0.3 is 20.9 Å². The molecule has 0 aliphatic carbocycles. The number of nitrogens with zero attached hydrogens (tertiary/aromatic N) is 8. The lowest BCUT2D eigenvalue weighted by atomic mass is 10.0. The molecular weight excluding hydrogens is 543 g/mol. The van der Waals surface area contributed by atoms with Crippen LogP contribution in [0.4, 0.5) is 10.1 Å². The zero-order chi connectivity index (χ0) is 29.4. The number of anilines is 1. The van der Waals surface area contributed by atoms with Crippen LogP contribution < -0.4 is 16.0 Å². The predicted octanol–water partition coefficient (Wildman–Crippen LogP) is 1.05. The number of carbonyl (C=O) groups excluding carboxylic acids is 3. The molecule has 5 heterocycles. The molecule has 0 spiro atoms. The Hall–Kier alpha value is -4.88. The Kier molecular flexibility index (Phi) is 7.27. The van der Waals surface area contributed by atoms with Crippen LogP contribution in [0.3, 0.4) is 0 Å². The zero-order valence-corrected chi connectivity index (χ0v) is 23.1. The number of carbonyl (C=O) groups is 3. The fourth-order valence-corrected chi connectivity index (χ4v) is 5.85. The monoisotopic (exact) mass is 574 g/mol. The summed E-state index contributed by atoms with van der Waals surface area (Å²) in [6.07, 6.45) is 7.13. The van der Waals surface area contributed by atoms with Crippen molar-refractivity contribution in [1.29, 1.82) is 0 Å². The molecule has 3 N–H and O–H groups in total. The number of amides is 3. The molecule has 3 atom stereocenters. The van der Waals surface area contributed by atoms with E-state index in [0.29, 0.717) is 17.4 Å². The van der Waals surface area contributed by atoms with Crippen LogP contribution in [0.5, 0.6) is 0 Å². The summed E-state index contributed by atoms with van der Waals surface area (Å²) in [6, 6.07) is 6.01. The van der Waals surface area contributed by atoms with Crippen LogP contribution in [0.15, 0.2) is 49.1 Å². The van der Waals surface area contributed by atoms with Crippen LogP contribution in [-0.2, 0) is 23.2 Å². The molecule has 42 heavy (non-hydrogen) atoms. The van der Waals surface area contributed by atoms with Crippen molar-refractivity contribution in [3.05, 3.63) is 54.7 Å². The van der Waals surface area contributed by atoms with Crippen molar-refractivity contribution in [2.45, 2.75) is 44.1 Å². The Morgan fingerprint density at radius 3 is 2.71 bits per heavy atom. The summed E-state index contributed by atoms with van der Waals surface area (Å²) in [5, 5.41) is 19.7. The molecule has 2 saturated heterocycles. The largest absolute Gasteiger partial charge is 0.367 e. The lowest BCUT2D eigenvalue weighted by Crippen LogP contribution is -2.53. The standard InChI is InChI=1S/C28H31FN10O3/c1-36-15-21(12-33-36)37-8-2-3-20(14-37)34-28(42)24-10-19(29)13-38(24)25(40)16-39-23-5-4-17(18-6-7-31-32-11-18)9-22(23)26(35-39)27(30)41/h4-7,9,11-12,15,19-20,24H,2-3,8,10,13-14,16H2,1H3,(H2,30,41)(H,34,42). The number of primary amides is 1. The predicted molar refractivity (Wildman–Crippen MR) is 151 cm³/mol. The van der Waals surface area contributed by atoms with Gasteiger partial charge in [-0.25, -0.2) is 4.39 Å². The number of rotatable bonds is 7. The van der Waals surface area contributed by atoms with E-state index in [1.54, 1.807) is 41.5 Å². The zero-order valence-electron chi connectivity index (χ0n) is 23.1. The minimum Gasteiger partial charge on any atom is -0.367 e. The van der Waals surface area contributed by atoms with Gasteiger partial charge in [0.1, 0.15) is 18.8 Å². The third-order valence-electron chi connectivity index (χ3n) is 7.88. The number of aryl methyl sites for hydroxylation is 1. The average Bonchev–Trinajstić information content (AvgIpc) is 3.70. The van der Waals surface area contributed by atoms with E-state index in [-0.39, 0.29) is 37.2 Å². The summed E-state index contributed by atoms with van der Waals surface area (Å²) in [5.41, 5.74) is 8.66. The smallest absolute Gasteiger partial charge is 0.269 e. The topological polar surface area (TPSA) is 157 Å². The SMILES string of the molecule is Cn1cc(N2CCCC(NC(=O)C3CC(F)CN3C(=O)Cn3nc(C(N)=O)c4cc(-c5ccnnc5)ccc43)C2)cn1. The molecule has 3 amide bonds. The molecule has 0 radical (unpaired) electrons. The number of nitrogens with one attached hydrogen (secondary N) is 1. The molecule has 2 fully saturated rings. The number of hydrogen-bond acceptors (Lipinski definition) is 8. The van der Waals surface area contributed by atoms with Crippen LogP contribution in [0.2, 0.25) is 0 Å². The molecule has 6 rings (SSSR count). The number of piperidine rings is 1. The van der Waals surface area contributed by atoms with E-state index in [9.17, 15) is 18.8 Å². The summed E-state index contributed by atoms with van der Waals surface area (Å²) < 4.78 is 17.7. The second kappa shape index (κ2) is 11.2. The summed E-state index contributed by atoms with van der Waals surface area (Å²) in [7, 11) is 1.85. The maximum Gasteiger partial charge on any atom is 0.269 e. The van der Waals surface area contributed by atoms with Gasteiger partial charge in [-0.1, -0.05) is 6.07 Å². The Bertz CT molecular complexity index is 1640. The highest BCUT2D eigenvalue weighted by Gasteiger charge is 2.41. The first-order valence-electron chi connectivity index (χ1n) is 13.8. The molecule has 4 aromatic rings. The molecule has 3 unspecified atom stereocenters. The molecule has 13 nitrogen and oxygen atoms in total. The number of benzene rings is 1. The van der Waals surface area contributed by atoms with Crippen LogP contribution in [0.25, 0.3) is 22.0 Å². The molecular formula is C28H31FN10O3. The summed E-state index contributed by atoms with van der Waals surface area (Å²) in [5.74, 6) is -1.59. The molecule has 1 aromatic carbocycles. The van der Waals surface area contributed by atoms with Gasteiger partial charge in [0.25, 0.3) is 5.91 Å². The molecule has 0 bridgehead atoms. The highest BCUT2D eigenvalue weighted by atomic mass is 19.1. The minimum absolute atomic E-state index is 0.0104. The number of likely N-dealkylation sites (tertiary alicyclic amines) is 1. The van der Waals surface area contributed by atoms with E-state index in [1.807, 2.05) is 19.3 Å². The van der Waals surface area contributed by atoms with Gasteiger partial charge in [-0.15, -0.1) is 0 Å². The van der Waals surface area contributed by atoms with Crippen molar-refractivity contribution in [1.82, 2.24) is 40.0 Å².